The monoisotopic (exact) mass is 322 g/mol. The van der Waals surface area contributed by atoms with Gasteiger partial charge in [0.2, 0.25) is 0 Å². The van der Waals surface area contributed by atoms with Crippen LogP contribution in [0.25, 0.3) is 10.6 Å². The van der Waals surface area contributed by atoms with Gasteiger partial charge in [-0.05, 0) is 32.4 Å². The number of aromatic nitrogens is 1. The van der Waals surface area contributed by atoms with Crippen LogP contribution in [0.1, 0.15) is 26.5 Å². The number of nitrogens with one attached hydrogen (secondary N) is 1. The van der Waals surface area contributed by atoms with E-state index < -0.39 is 0 Å². The summed E-state index contributed by atoms with van der Waals surface area (Å²) in [6.45, 7) is 5.91. The van der Waals surface area contributed by atoms with Crippen molar-refractivity contribution in [1.82, 2.24) is 4.98 Å². The number of nitrogens with zero attached hydrogens (tertiary/aromatic N) is 1. The fourth-order valence-corrected chi connectivity index (χ4v) is 3.41. The predicted octanol–water partition coefficient (Wildman–Crippen LogP) is 4.99. The number of hydrogen-bond donors (Lipinski definition) is 1. The molecular weight excluding hydrogens is 304 g/mol. The van der Waals surface area contributed by atoms with Crippen LogP contribution >= 0.6 is 11.3 Å². The number of anilines is 1. The minimum Gasteiger partial charge on any atom is -0.321 e. The SMILES string of the molecule is Cc1ccc(NC(=O)c2sc(-c3ccccc3)nc2C)c(C)c1. The van der Waals surface area contributed by atoms with Crippen LogP contribution in [-0.4, -0.2) is 10.9 Å². The average molecular weight is 322 g/mol. The summed E-state index contributed by atoms with van der Waals surface area (Å²) in [6, 6.07) is 15.9. The number of hydrogen-bond acceptors (Lipinski definition) is 3. The van der Waals surface area contributed by atoms with Crippen LogP contribution in [0.2, 0.25) is 0 Å². The first-order valence-electron chi connectivity index (χ1n) is 7.46. The first kappa shape index (κ1) is 15.4. The van der Waals surface area contributed by atoms with Crippen molar-refractivity contribution in [1.29, 1.82) is 0 Å². The molecule has 0 saturated carbocycles. The predicted molar refractivity (Wildman–Crippen MR) is 96.2 cm³/mol. The Hall–Kier alpha value is -2.46. The minimum absolute atomic E-state index is 0.103. The highest BCUT2D eigenvalue weighted by molar-refractivity contribution is 7.17. The molecule has 1 aromatic heterocycles. The van der Waals surface area contributed by atoms with E-state index in [9.17, 15) is 4.79 Å². The van der Waals surface area contributed by atoms with Gasteiger partial charge in [-0.1, -0.05) is 48.0 Å². The van der Waals surface area contributed by atoms with E-state index in [1.807, 2.05) is 63.2 Å². The third kappa shape index (κ3) is 3.32. The normalized spacial score (nSPS) is 10.6. The third-order valence-corrected chi connectivity index (χ3v) is 4.86. The number of rotatable bonds is 3. The maximum absolute atomic E-state index is 12.6. The maximum Gasteiger partial charge on any atom is 0.267 e. The molecule has 4 heteroatoms. The lowest BCUT2D eigenvalue weighted by atomic mass is 10.1. The van der Waals surface area contributed by atoms with Crippen molar-refractivity contribution in [2.24, 2.45) is 0 Å². The second-order valence-corrected chi connectivity index (χ2v) is 6.57. The molecule has 1 heterocycles. The second-order valence-electron chi connectivity index (χ2n) is 5.57. The molecular formula is C19H18N2OS. The Morgan fingerprint density at radius 3 is 2.48 bits per heavy atom. The highest BCUT2D eigenvalue weighted by Gasteiger charge is 2.16. The molecule has 0 fully saturated rings. The summed E-state index contributed by atoms with van der Waals surface area (Å²) in [6.07, 6.45) is 0. The summed E-state index contributed by atoms with van der Waals surface area (Å²) < 4.78 is 0. The highest BCUT2D eigenvalue weighted by Crippen LogP contribution is 2.28. The van der Waals surface area contributed by atoms with Crippen molar-refractivity contribution in [2.75, 3.05) is 5.32 Å². The van der Waals surface area contributed by atoms with Crippen LogP contribution in [0.15, 0.2) is 48.5 Å². The summed E-state index contributed by atoms with van der Waals surface area (Å²) in [5.41, 5.74) is 4.88. The lowest BCUT2D eigenvalue weighted by Crippen LogP contribution is -2.12. The maximum atomic E-state index is 12.6. The van der Waals surface area contributed by atoms with Gasteiger partial charge in [0.25, 0.3) is 5.91 Å². The molecule has 0 aliphatic carbocycles. The summed E-state index contributed by atoms with van der Waals surface area (Å²) >= 11 is 1.43. The zero-order valence-electron chi connectivity index (χ0n) is 13.4. The minimum atomic E-state index is -0.103. The second kappa shape index (κ2) is 6.34. The molecule has 0 bridgehead atoms. The van der Waals surface area contributed by atoms with E-state index in [-0.39, 0.29) is 5.91 Å². The van der Waals surface area contributed by atoms with Gasteiger partial charge in [0.05, 0.1) is 5.69 Å². The highest BCUT2D eigenvalue weighted by atomic mass is 32.1. The first-order valence-corrected chi connectivity index (χ1v) is 8.27. The van der Waals surface area contributed by atoms with E-state index in [1.54, 1.807) is 0 Å². The first-order chi connectivity index (χ1) is 11.0. The van der Waals surface area contributed by atoms with Gasteiger partial charge in [-0.25, -0.2) is 4.98 Å². The Morgan fingerprint density at radius 1 is 1.04 bits per heavy atom. The van der Waals surface area contributed by atoms with Crippen molar-refractivity contribution in [3.63, 3.8) is 0 Å². The molecule has 1 N–H and O–H groups in total. The quantitative estimate of drug-likeness (QED) is 0.738. The van der Waals surface area contributed by atoms with E-state index in [2.05, 4.69) is 16.4 Å². The topological polar surface area (TPSA) is 42.0 Å². The molecule has 0 saturated heterocycles. The van der Waals surface area contributed by atoms with Gasteiger partial charge in [-0.15, -0.1) is 11.3 Å². The molecule has 2 aromatic carbocycles. The summed E-state index contributed by atoms with van der Waals surface area (Å²) in [7, 11) is 0. The lowest BCUT2D eigenvalue weighted by molar-refractivity contribution is 0.102. The van der Waals surface area contributed by atoms with Crippen molar-refractivity contribution in [2.45, 2.75) is 20.8 Å². The van der Waals surface area contributed by atoms with Crippen LogP contribution in [-0.2, 0) is 0 Å². The van der Waals surface area contributed by atoms with Crippen LogP contribution in [0.4, 0.5) is 5.69 Å². The molecule has 116 valence electrons. The number of thiazole rings is 1. The van der Waals surface area contributed by atoms with Gasteiger partial charge in [0.15, 0.2) is 0 Å². The van der Waals surface area contributed by atoms with Gasteiger partial charge in [0, 0.05) is 11.3 Å². The molecule has 0 spiro atoms. The zero-order chi connectivity index (χ0) is 16.4. The summed E-state index contributed by atoms with van der Waals surface area (Å²) in [4.78, 5) is 17.8. The number of aryl methyl sites for hydroxylation is 3. The fraction of sp³-hybridized carbons (Fsp3) is 0.158. The number of benzene rings is 2. The molecule has 3 aromatic rings. The number of carbonyl (C=O) groups excluding carboxylic acids is 1. The molecule has 0 aliphatic rings. The zero-order valence-corrected chi connectivity index (χ0v) is 14.2. The summed E-state index contributed by atoms with van der Waals surface area (Å²) in [5.74, 6) is -0.103. The Morgan fingerprint density at radius 2 is 1.78 bits per heavy atom. The van der Waals surface area contributed by atoms with E-state index in [4.69, 9.17) is 0 Å². The third-order valence-electron chi connectivity index (χ3n) is 3.65. The average Bonchev–Trinajstić information content (AvgIpc) is 2.93. The molecule has 0 unspecified atom stereocenters. The van der Waals surface area contributed by atoms with Gasteiger partial charge in [0.1, 0.15) is 9.88 Å². The van der Waals surface area contributed by atoms with Crippen LogP contribution < -0.4 is 5.32 Å². The molecule has 3 nitrogen and oxygen atoms in total. The standard InChI is InChI=1S/C19H18N2OS/c1-12-9-10-16(13(2)11-12)21-18(22)17-14(3)20-19(23-17)15-7-5-4-6-8-15/h4-11H,1-3H3,(H,21,22). The lowest BCUT2D eigenvalue weighted by Gasteiger charge is -2.08. The Labute approximate surface area is 140 Å². The molecule has 0 atom stereocenters. The van der Waals surface area contributed by atoms with E-state index >= 15 is 0 Å². The van der Waals surface area contributed by atoms with E-state index in [1.165, 1.54) is 16.9 Å². The van der Waals surface area contributed by atoms with Gasteiger partial charge >= 0.3 is 0 Å². The number of amides is 1. The Kier molecular flexibility index (Phi) is 4.26. The van der Waals surface area contributed by atoms with Crippen LogP contribution in [0.3, 0.4) is 0 Å². The Bertz CT molecular complexity index is 853. The molecule has 1 amide bonds. The molecule has 3 rings (SSSR count). The molecule has 0 aliphatic heterocycles. The fourth-order valence-electron chi connectivity index (χ4n) is 2.44. The Balaban J connectivity index is 1.87. The van der Waals surface area contributed by atoms with Crippen molar-refractivity contribution in [3.05, 3.63) is 70.2 Å². The van der Waals surface area contributed by atoms with Gasteiger partial charge in [-0.3, -0.25) is 4.79 Å². The summed E-state index contributed by atoms with van der Waals surface area (Å²) in [5, 5.41) is 3.86. The van der Waals surface area contributed by atoms with Crippen molar-refractivity contribution >= 4 is 22.9 Å². The van der Waals surface area contributed by atoms with Crippen molar-refractivity contribution in [3.8, 4) is 10.6 Å². The van der Waals surface area contributed by atoms with Gasteiger partial charge < -0.3 is 5.32 Å². The van der Waals surface area contributed by atoms with Crippen LogP contribution in [0, 0.1) is 20.8 Å². The van der Waals surface area contributed by atoms with E-state index in [0.29, 0.717) is 4.88 Å². The van der Waals surface area contributed by atoms with E-state index in [0.717, 1.165) is 27.5 Å². The largest absolute Gasteiger partial charge is 0.321 e. The van der Waals surface area contributed by atoms with Crippen molar-refractivity contribution < 1.29 is 4.79 Å². The van der Waals surface area contributed by atoms with Gasteiger partial charge in [-0.2, -0.15) is 0 Å². The van der Waals surface area contributed by atoms with Crippen LogP contribution in [0.5, 0.6) is 0 Å². The molecule has 0 radical (unpaired) electrons. The smallest absolute Gasteiger partial charge is 0.267 e. The molecule has 23 heavy (non-hydrogen) atoms. The number of carbonyl (C=O) groups is 1.